The molecule has 0 fully saturated rings. The van der Waals surface area contributed by atoms with Crippen molar-refractivity contribution >= 4 is 46.5 Å². The van der Waals surface area contributed by atoms with Crippen LogP contribution in [0.1, 0.15) is 32.6 Å². The lowest BCUT2D eigenvalue weighted by Crippen LogP contribution is -2.13. The minimum Gasteiger partial charge on any atom is -0.489 e. The number of nitrogens with one attached hydrogen (secondary N) is 1. The zero-order valence-electron chi connectivity index (χ0n) is 18.6. The summed E-state index contributed by atoms with van der Waals surface area (Å²) in [7, 11) is 0. The first-order chi connectivity index (χ1) is 16.3. The number of carbonyl (C=O) groups is 1. The van der Waals surface area contributed by atoms with Crippen molar-refractivity contribution in [3.8, 4) is 5.75 Å². The fourth-order valence-corrected chi connectivity index (χ4v) is 4.08. The van der Waals surface area contributed by atoms with E-state index in [0.29, 0.717) is 34.6 Å². The normalized spacial score (nSPS) is 10.9. The van der Waals surface area contributed by atoms with Crippen LogP contribution in [0.5, 0.6) is 5.75 Å². The lowest BCUT2D eigenvalue weighted by atomic mass is 10.1. The number of halogens is 3. The molecule has 1 heterocycles. The van der Waals surface area contributed by atoms with Crippen LogP contribution in [0.4, 0.5) is 5.82 Å². The lowest BCUT2D eigenvalue weighted by Gasteiger charge is -2.10. The number of ether oxygens (including phenoxy) is 1. The number of hydrogen-bond acceptors (Lipinski definition) is 3. The fourth-order valence-electron chi connectivity index (χ4n) is 3.46. The third-order valence-corrected chi connectivity index (χ3v) is 6.60. The van der Waals surface area contributed by atoms with Gasteiger partial charge in [-0.25, -0.2) is 0 Å². The second-order valence-electron chi connectivity index (χ2n) is 7.91. The van der Waals surface area contributed by atoms with Crippen molar-refractivity contribution in [2.45, 2.75) is 27.0 Å². The molecule has 8 heteroatoms. The standard InChI is InChI=1S/C26H22Cl3N3O2/c1-16-12-20(13-17(2)25(16)29)34-15-18-6-8-19(9-7-18)26(33)30-24-10-11-32(31-24)14-21-22(27)4-3-5-23(21)28/h3-13H,14-15H2,1-2H3,(H,30,31,33). The highest BCUT2D eigenvalue weighted by molar-refractivity contribution is 6.36. The van der Waals surface area contributed by atoms with Crippen molar-refractivity contribution in [3.63, 3.8) is 0 Å². The van der Waals surface area contributed by atoms with Crippen LogP contribution in [0.3, 0.4) is 0 Å². The monoisotopic (exact) mass is 513 g/mol. The molecule has 3 aromatic carbocycles. The summed E-state index contributed by atoms with van der Waals surface area (Å²) in [5.74, 6) is 0.946. The van der Waals surface area contributed by atoms with Crippen molar-refractivity contribution in [1.82, 2.24) is 9.78 Å². The summed E-state index contributed by atoms with van der Waals surface area (Å²) in [6, 6.07) is 18.1. The number of aromatic nitrogens is 2. The fraction of sp³-hybridized carbons (Fsp3) is 0.154. The molecule has 0 radical (unpaired) electrons. The molecular weight excluding hydrogens is 493 g/mol. The van der Waals surface area contributed by atoms with Crippen molar-refractivity contribution < 1.29 is 9.53 Å². The number of aryl methyl sites for hydroxylation is 2. The highest BCUT2D eigenvalue weighted by atomic mass is 35.5. The van der Waals surface area contributed by atoms with E-state index >= 15 is 0 Å². The summed E-state index contributed by atoms with van der Waals surface area (Å²) in [5, 5.41) is 9.09. The number of hydrogen-bond donors (Lipinski definition) is 1. The van der Waals surface area contributed by atoms with Gasteiger partial charge in [-0.05, 0) is 66.9 Å². The first-order valence-electron chi connectivity index (χ1n) is 10.6. The molecule has 4 rings (SSSR count). The number of amides is 1. The molecule has 0 bridgehead atoms. The topological polar surface area (TPSA) is 56.1 Å². The Morgan fingerprint density at radius 2 is 1.62 bits per heavy atom. The van der Waals surface area contributed by atoms with E-state index in [9.17, 15) is 4.79 Å². The maximum absolute atomic E-state index is 12.6. The van der Waals surface area contributed by atoms with Crippen molar-refractivity contribution in [3.05, 3.63) is 110 Å². The molecule has 4 aromatic rings. The van der Waals surface area contributed by atoms with Gasteiger partial charge in [-0.2, -0.15) is 5.10 Å². The molecule has 0 aliphatic rings. The van der Waals surface area contributed by atoms with Crippen molar-refractivity contribution in [2.24, 2.45) is 0 Å². The van der Waals surface area contributed by atoms with Gasteiger partial charge in [-0.15, -0.1) is 0 Å². The van der Waals surface area contributed by atoms with Crippen molar-refractivity contribution in [1.29, 1.82) is 0 Å². The van der Waals surface area contributed by atoms with E-state index in [-0.39, 0.29) is 5.91 Å². The van der Waals surface area contributed by atoms with E-state index in [1.807, 2.05) is 38.1 Å². The van der Waals surface area contributed by atoms with Crippen LogP contribution in [-0.4, -0.2) is 15.7 Å². The minimum absolute atomic E-state index is 0.252. The summed E-state index contributed by atoms with van der Waals surface area (Å²) in [5.41, 5.74) is 4.18. The van der Waals surface area contributed by atoms with Crippen LogP contribution < -0.4 is 10.1 Å². The van der Waals surface area contributed by atoms with Gasteiger partial charge >= 0.3 is 0 Å². The van der Waals surface area contributed by atoms with Crippen LogP contribution in [0.2, 0.25) is 15.1 Å². The molecule has 0 aliphatic carbocycles. The van der Waals surface area contributed by atoms with E-state index in [0.717, 1.165) is 33.0 Å². The summed E-state index contributed by atoms with van der Waals surface area (Å²) >= 11 is 18.7. The summed E-state index contributed by atoms with van der Waals surface area (Å²) < 4.78 is 7.55. The first-order valence-corrected chi connectivity index (χ1v) is 11.7. The third-order valence-electron chi connectivity index (χ3n) is 5.30. The number of anilines is 1. The van der Waals surface area contributed by atoms with Crippen LogP contribution in [0.15, 0.2) is 66.9 Å². The van der Waals surface area contributed by atoms with Crippen LogP contribution in [0, 0.1) is 13.8 Å². The smallest absolute Gasteiger partial charge is 0.256 e. The molecule has 0 saturated heterocycles. The third kappa shape index (κ3) is 5.73. The molecule has 34 heavy (non-hydrogen) atoms. The number of rotatable bonds is 7. The predicted molar refractivity (Wildman–Crippen MR) is 137 cm³/mol. The Morgan fingerprint density at radius 3 is 2.26 bits per heavy atom. The molecule has 1 aromatic heterocycles. The average Bonchev–Trinajstić information content (AvgIpc) is 3.25. The molecule has 0 saturated carbocycles. The quantitative estimate of drug-likeness (QED) is 0.281. The highest BCUT2D eigenvalue weighted by Crippen LogP contribution is 2.27. The van der Waals surface area contributed by atoms with Crippen LogP contribution >= 0.6 is 34.8 Å². The summed E-state index contributed by atoms with van der Waals surface area (Å²) in [6.45, 7) is 4.68. The first kappa shape index (κ1) is 24.1. The Kier molecular flexibility index (Phi) is 7.47. The van der Waals surface area contributed by atoms with Crippen molar-refractivity contribution in [2.75, 3.05) is 5.32 Å². The van der Waals surface area contributed by atoms with Gasteiger partial charge in [0.2, 0.25) is 0 Å². The zero-order valence-corrected chi connectivity index (χ0v) is 20.9. The van der Waals surface area contributed by atoms with E-state index in [4.69, 9.17) is 39.5 Å². The molecule has 0 unspecified atom stereocenters. The van der Waals surface area contributed by atoms with Gasteiger partial charge in [0.25, 0.3) is 5.91 Å². The SMILES string of the molecule is Cc1cc(OCc2ccc(C(=O)Nc3ccn(Cc4c(Cl)cccc4Cl)n3)cc2)cc(C)c1Cl. The number of benzene rings is 3. The van der Waals surface area contributed by atoms with Gasteiger partial charge in [-0.3, -0.25) is 9.48 Å². The summed E-state index contributed by atoms with van der Waals surface area (Å²) in [4.78, 5) is 12.6. The van der Waals surface area contributed by atoms with E-state index in [2.05, 4.69) is 10.4 Å². The Morgan fingerprint density at radius 1 is 0.971 bits per heavy atom. The molecule has 5 nitrogen and oxygen atoms in total. The average molecular weight is 515 g/mol. The van der Waals surface area contributed by atoms with E-state index in [1.165, 1.54) is 0 Å². The van der Waals surface area contributed by atoms with Crippen LogP contribution in [0.25, 0.3) is 0 Å². The largest absolute Gasteiger partial charge is 0.489 e. The zero-order chi connectivity index (χ0) is 24.2. The van der Waals surface area contributed by atoms with Crippen LogP contribution in [-0.2, 0) is 13.2 Å². The molecule has 0 aliphatic heterocycles. The Labute approximate surface area is 213 Å². The second kappa shape index (κ2) is 10.5. The van der Waals surface area contributed by atoms with Gasteiger partial charge in [0.1, 0.15) is 12.4 Å². The lowest BCUT2D eigenvalue weighted by molar-refractivity contribution is 0.102. The van der Waals surface area contributed by atoms with Gasteiger partial charge in [-0.1, -0.05) is 53.0 Å². The second-order valence-corrected chi connectivity index (χ2v) is 9.10. The molecule has 0 spiro atoms. The minimum atomic E-state index is -0.252. The Bertz CT molecular complexity index is 1290. The summed E-state index contributed by atoms with van der Waals surface area (Å²) in [6.07, 6.45) is 1.76. The maximum atomic E-state index is 12.6. The molecule has 0 atom stereocenters. The van der Waals surface area contributed by atoms with E-state index in [1.54, 1.807) is 47.3 Å². The van der Waals surface area contributed by atoms with Gasteiger partial charge < -0.3 is 10.1 Å². The maximum Gasteiger partial charge on any atom is 0.256 e. The molecule has 1 amide bonds. The molecule has 1 N–H and O–H groups in total. The predicted octanol–water partition coefficient (Wildman–Crippen LogP) is 7.34. The Hall–Kier alpha value is -2.99. The molecular formula is C26H22Cl3N3O2. The van der Waals surface area contributed by atoms with Gasteiger partial charge in [0.05, 0.1) is 6.54 Å². The number of carbonyl (C=O) groups excluding carboxylic acids is 1. The number of nitrogens with zero attached hydrogens (tertiary/aromatic N) is 2. The highest BCUT2D eigenvalue weighted by Gasteiger charge is 2.11. The van der Waals surface area contributed by atoms with E-state index < -0.39 is 0 Å². The van der Waals surface area contributed by atoms with Gasteiger partial charge in [0, 0.05) is 38.5 Å². The molecule has 174 valence electrons. The van der Waals surface area contributed by atoms with Gasteiger partial charge in [0.15, 0.2) is 5.82 Å². The Balaban J connectivity index is 1.35.